The molecule has 32 heavy (non-hydrogen) atoms. The molecule has 3 aromatic rings. The Balaban J connectivity index is 1.20. The summed E-state index contributed by atoms with van der Waals surface area (Å²) in [4.78, 5) is 16.0. The molecular formula is C24H22N7O+. The molecule has 3 aliphatic rings. The first kappa shape index (κ1) is 19.0. The van der Waals surface area contributed by atoms with Gasteiger partial charge < -0.3 is 4.42 Å². The van der Waals surface area contributed by atoms with E-state index in [1.807, 2.05) is 24.5 Å². The smallest absolute Gasteiger partial charge is 0.300 e. The molecule has 3 aliphatic heterocycles. The second kappa shape index (κ2) is 7.45. The third kappa shape index (κ3) is 3.31. The number of furan rings is 1. The van der Waals surface area contributed by atoms with Crippen LogP contribution in [0, 0.1) is 0 Å². The number of nitrogens with two attached hydrogens (primary N) is 1. The number of hydrogen-bond acceptors (Lipinski definition) is 7. The van der Waals surface area contributed by atoms with Crippen LogP contribution in [0.4, 0.5) is 0 Å². The van der Waals surface area contributed by atoms with E-state index in [0.717, 1.165) is 37.3 Å². The van der Waals surface area contributed by atoms with E-state index < -0.39 is 0 Å². The monoisotopic (exact) mass is 424 g/mol. The van der Waals surface area contributed by atoms with Crippen molar-refractivity contribution in [3.63, 3.8) is 0 Å². The first-order valence-corrected chi connectivity index (χ1v) is 10.6. The van der Waals surface area contributed by atoms with Crippen LogP contribution in [0.3, 0.4) is 0 Å². The van der Waals surface area contributed by atoms with Crippen LogP contribution in [0.25, 0.3) is 10.9 Å². The van der Waals surface area contributed by atoms with Gasteiger partial charge in [0, 0.05) is 31.2 Å². The molecule has 2 N–H and O–H groups in total. The summed E-state index contributed by atoms with van der Waals surface area (Å²) in [5.41, 5.74) is 4.37. The lowest BCUT2D eigenvalue weighted by Gasteiger charge is -2.28. The van der Waals surface area contributed by atoms with Crippen LogP contribution in [-0.2, 0) is 6.54 Å². The van der Waals surface area contributed by atoms with E-state index in [1.54, 1.807) is 18.5 Å². The summed E-state index contributed by atoms with van der Waals surface area (Å²) >= 11 is 0. The van der Waals surface area contributed by atoms with Crippen molar-refractivity contribution < 1.29 is 9.12 Å². The summed E-state index contributed by atoms with van der Waals surface area (Å²) in [5, 5.41) is 5.77. The Labute approximate surface area is 184 Å². The van der Waals surface area contributed by atoms with Gasteiger partial charge in [-0.1, -0.05) is 24.3 Å². The van der Waals surface area contributed by atoms with Crippen LogP contribution in [0.2, 0.25) is 0 Å². The van der Waals surface area contributed by atoms with Gasteiger partial charge in [0.25, 0.3) is 11.7 Å². The maximum Gasteiger partial charge on any atom is 0.300 e. The van der Waals surface area contributed by atoms with E-state index >= 15 is 0 Å². The van der Waals surface area contributed by atoms with Crippen LogP contribution in [-0.4, -0.2) is 45.6 Å². The van der Waals surface area contributed by atoms with Crippen LogP contribution >= 0.6 is 0 Å². The Morgan fingerprint density at radius 1 is 1.12 bits per heavy atom. The quantitative estimate of drug-likeness (QED) is 0.514. The Kier molecular flexibility index (Phi) is 4.43. The molecule has 0 bridgehead atoms. The highest BCUT2D eigenvalue weighted by Gasteiger charge is 2.40. The average molecular weight is 424 g/mol. The van der Waals surface area contributed by atoms with E-state index in [2.05, 4.69) is 55.3 Å². The second-order valence-electron chi connectivity index (χ2n) is 8.08. The summed E-state index contributed by atoms with van der Waals surface area (Å²) in [5.74, 6) is 8.15. The number of quaternary nitrogens is 1. The van der Waals surface area contributed by atoms with E-state index in [9.17, 15) is 0 Å². The predicted molar refractivity (Wildman–Crippen MR) is 123 cm³/mol. The molecule has 1 unspecified atom stereocenters. The van der Waals surface area contributed by atoms with Crippen molar-refractivity contribution in [1.82, 2.24) is 9.88 Å². The van der Waals surface area contributed by atoms with Crippen molar-refractivity contribution in [3.05, 3.63) is 89.8 Å². The molecule has 2 aromatic heterocycles. The standard InChI is InChI=1S/C24H22N7O/c25-31-16-21(27-14-23(31)28-24(29-31)22-6-3-13-32-22)17-8-11-30(12-9-17)15-18-7-10-26-20-5-2-1-4-19(18)20/h1-8,10,13-14,16H,9,11-12,15,25H2/q+1. The number of aromatic nitrogens is 1. The zero-order valence-electron chi connectivity index (χ0n) is 17.4. The number of rotatable bonds is 4. The number of pyridine rings is 1. The van der Waals surface area contributed by atoms with E-state index in [-0.39, 0.29) is 4.70 Å². The summed E-state index contributed by atoms with van der Waals surface area (Å²) in [6, 6.07) is 14.0. The summed E-state index contributed by atoms with van der Waals surface area (Å²) < 4.78 is 5.17. The molecule has 0 saturated heterocycles. The minimum atomic E-state index is -0.237. The van der Waals surface area contributed by atoms with Gasteiger partial charge in [-0.3, -0.25) is 9.88 Å². The van der Waals surface area contributed by atoms with Gasteiger partial charge in [0.1, 0.15) is 11.9 Å². The predicted octanol–water partition coefficient (Wildman–Crippen LogP) is 3.35. The lowest BCUT2D eigenvalue weighted by Crippen LogP contribution is -2.50. The Bertz CT molecular complexity index is 1340. The van der Waals surface area contributed by atoms with E-state index in [4.69, 9.17) is 10.3 Å². The van der Waals surface area contributed by atoms with Crippen LogP contribution in [0.15, 0.2) is 98.0 Å². The number of nitrogens with zero attached hydrogens (tertiary/aromatic N) is 6. The highest BCUT2D eigenvalue weighted by molar-refractivity contribution is 6.31. The second-order valence-corrected chi connectivity index (χ2v) is 8.08. The van der Waals surface area contributed by atoms with Gasteiger partial charge in [-0.2, -0.15) is 4.99 Å². The lowest BCUT2D eigenvalue weighted by molar-refractivity contribution is -0.803. The topological polar surface area (TPSA) is 92.4 Å². The van der Waals surface area contributed by atoms with Crippen LogP contribution in [0.1, 0.15) is 17.7 Å². The van der Waals surface area contributed by atoms with Crippen LogP contribution in [0.5, 0.6) is 0 Å². The van der Waals surface area contributed by atoms with Gasteiger partial charge in [0.15, 0.2) is 12.0 Å². The molecule has 5 heterocycles. The largest absolute Gasteiger partial charge is 0.461 e. The number of fused-ring (bicyclic) bond motifs is 2. The van der Waals surface area contributed by atoms with Crippen molar-refractivity contribution >= 4 is 28.8 Å². The number of hydrogen-bond donors (Lipinski definition) is 1. The average Bonchev–Trinajstić information content (AvgIpc) is 3.47. The molecule has 8 heteroatoms. The van der Waals surface area contributed by atoms with E-state index in [0.29, 0.717) is 17.4 Å². The SMILES string of the molecule is N[N+]12C=C(C3=CCN(Cc4ccnc5ccccc45)CC3)N=CC1=NC(c1ccco1)=N2. The fourth-order valence-electron chi connectivity index (χ4n) is 4.28. The third-order valence-electron chi connectivity index (χ3n) is 5.98. The normalized spacial score (nSPS) is 22.9. The highest BCUT2D eigenvalue weighted by atomic mass is 16.3. The molecule has 0 spiro atoms. The van der Waals surface area contributed by atoms with Gasteiger partial charge in [-0.05, 0) is 51.6 Å². The molecule has 158 valence electrons. The van der Waals surface area contributed by atoms with Crippen molar-refractivity contribution in [2.45, 2.75) is 13.0 Å². The van der Waals surface area contributed by atoms with Gasteiger partial charge in [-0.25, -0.2) is 4.99 Å². The number of benzene rings is 1. The number of amidine groups is 2. The highest BCUT2D eigenvalue weighted by Crippen LogP contribution is 2.28. The van der Waals surface area contributed by atoms with E-state index in [1.165, 1.54) is 16.5 Å². The Morgan fingerprint density at radius 3 is 2.91 bits per heavy atom. The summed E-state index contributed by atoms with van der Waals surface area (Å²) in [7, 11) is 0. The minimum absolute atomic E-state index is 0.237. The lowest BCUT2D eigenvalue weighted by atomic mass is 10.0. The van der Waals surface area contributed by atoms with Crippen molar-refractivity contribution in [1.29, 1.82) is 0 Å². The molecule has 0 amide bonds. The van der Waals surface area contributed by atoms with Gasteiger partial charge in [-0.15, -0.1) is 5.84 Å². The molecule has 0 radical (unpaired) electrons. The van der Waals surface area contributed by atoms with Gasteiger partial charge in [0.05, 0.1) is 11.8 Å². The summed E-state index contributed by atoms with van der Waals surface area (Å²) in [6.45, 7) is 2.69. The minimum Gasteiger partial charge on any atom is -0.461 e. The van der Waals surface area contributed by atoms with Crippen LogP contribution < -0.4 is 5.84 Å². The van der Waals surface area contributed by atoms with Crippen molar-refractivity contribution in [3.8, 4) is 0 Å². The van der Waals surface area contributed by atoms with Gasteiger partial charge in [0.2, 0.25) is 0 Å². The fraction of sp³-hybridized carbons (Fsp3) is 0.167. The van der Waals surface area contributed by atoms with Crippen molar-refractivity contribution in [2.24, 2.45) is 20.9 Å². The zero-order chi connectivity index (χ0) is 21.5. The molecule has 1 aromatic carbocycles. The molecule has 1 atom stereocenters. The molecule has 0 fully saturated rings. The molecule has 6 rings (SSSR count). The fourth-order valence-corrected chi connectivity index (χ4v) is 4.28. The third-order valence-corrected chi connectivity index (χ3v) is 5.98. The molecule has 8 nitrogen and oxygen atoms in total. The molecule has 0 saturated carbocycles. The first-order chi connectivity index (χ1) is 15.7. The Hall–Kier alpha value is -3.72. The summed E-state index contributed by atoms with van der Waals surface area (Å²) in [6.07, 6.45) is 10.2. The Morgan fingerprint density at radius 2 is 2.06 bits per heavy atom. The number of allylic oxidation sites excluding steroid dienone is 1. The number of para-hydroxylation sites is 1. The van der Waals surface area contributed by atoms with Gasteiger partial charge >= 0.3 is 0 Å². The zero-order valence-corrected chi connectivity index (χ0v) is 17.4. The first-order valence-electron chi connectivity index (χ1n) is 10.6. The maximum atomic E-state index is 6.51. The number of aliphatic imine (C=N–C) groups is 2. The molecular weight excluding hydrogens is 402 g/mol. The van der Waals surface area contributed by atoms with Crippen molar-refractivity contribution in [2.75, 3.05) is 13.1 Å². The maximum absolute atomic E-state index is 6.51. The molecule has 0 aliphatic carbocycles.